The summed E-state index contributed by atoms with van der Waals surface area (Å²) in [6.07, 6.45) is 2.50. The van der Waals surface area contributed by atoms with Gasteiger partial charge in [-0.3, -0.25) is 4.79 Å². The molecule has 2 aromatic heterocycles. The van der Waals surface area contributed by atoms with Crippen LogP contribution in [-0.2, 0) is 21.1 Å². The summed E-state index contributed by atoms with van der Waals surface area (Å²) < 4.78 is 35.2. The molecule has 1 unspecified atom stereocenters. The van der Waals surface area contributed by atoms with E-state index in [0.717, 1.165) is 33.0 Å². The van der Waals surface area contributed by atoms with Gasteiger partial charge < -0.3 is 13.7 Å². The summed E-state index contributed by atoms with van der Waals surface area (Å²) in [4.78, 5) is 27.2. The molecule has 1 aliphatic rings. The zero-order valence-corrected chi connectivity index (χ0v) is 20.8. The monoisotopic (exact) mass is 493 g/mol. The summed E-state index contributed by atoms with van der Waals surface area (Å²) >= 11 is 0. The Kier molecular flexibility index (Phi) is 5.79. The lowest BCUT2D eigenvalue weighted by molar-refractivity contribution is -0.131. The van der Waals surface area contributed by atoms with E-state index in [0.29, 0.717) is 23.2 Å². The van der Waals surface area contributed by atoms with Crippen molar-refractivity contribution in [1.82, 2.24) is 4.90 Å². The summed E-state index contributed by atoms with van der Waals surface area (Å²) in [6.45, 7) is 3.75. The lowest BCUT2D eigenvalue weighted by Gasteiger charge is -2.23. The van der Waals surface area contributed by atoms with E-state index < -0.39 is 15.5 Å². The van der Waals surface area contributed by atoms with E-state index in [1.807, 2.05) is 50.2 Å². The molecule has 35 heavy (non-hydrogen) atoms. The fraction of sp³-hybridized carbons (Fsp3) is 0.333. The van der Waals surface area contributed by atoms with Crippen LogP contribution in [0.3, 0.4) is 0 Å². The first-order valence-corrected chi connectivity index (χ1v) is 13.5. The summed E-state index contributed by atoms with van der Waals surface area (Å²) in [5, 5.41) is 1.74. The number of hydrogen-bond donors (Lipinski definition) is 0. The molecule has 1 saturated heterocycles. The molecule has 0 saturated carbocycles. The van der Waals surface area contributed by atoms with Gasteiger partial charge in [-0.15, -0.1) is 0 Å². The number of hydrogen-bond acceptors (Lipinski definition) is 6. The Hall–Kier alpha value is -3.39. The molecule has 7 nitrogen and oxygen atoms in total. The minimum absolute atomic E-state index is 0.00386. The predicted molar refractivity (Wildman–Crippen MR) is 135 cm³/mol. The molecule has 0 N–H and O–H groups in total. The van der Waals surface area contributed by atoms with Crippen LogP contribution in [0.1, 0.15) is 29.5 Å². The average molecular weight is 494 g/mol. The number of amides is 1. The standard InChI is InChI=1S/C27H27NO6S/c1-16-20(9-10-24(29)28(3)19-11-12-35(31,32)15-19)27(30)34-26-17(2)25-22(13-21(16)26)23(14-33-25)18-7-5-4-6-8-18/h4-8,13-14,19H,9-12,15H2,1-3H3. The van der Waals surface area contributed by atoms with Gasteiger partial charge in [0.15, 0.2) is 9.84 Å². The van der Waals surface area contributed by atoms with Gasteiger partial charge in [0.2, 0.25) is 5.91 Å². The Morgan fingerprint density at radius 3 is 2.51 bits per heavy atom. The van der Waals surface area contributed by atoms with Crippen LogP contribution in [0.5, 0.6) is 0 Å². The van der Waals surface area contributed by atoms with Gasteiger partial charge >= 0.3 is 5.63 Å². The van der Waals surface area contributed by atoms with E-state index >= 15 is 0 Å². The van der Waals surface area contributed by atoms with Crippen molar-refractivity contribution in [3.05, 3.63) is 69.8 Å². The van der Waals surface area contributed by atoms with Gasteiger partial charge in [0.1, 0.15) is 11.2 Å². The van der Waals surface area contributed by atoms with Crippen molar-refractivity contribution in [2.24, 2.45) is 0 Å². The number of nitrogens with zero attached hydrogens (tertiary/aromatic N) is 1. The molecule has 182 valence electrons. The van der Waals surface area contributed by atoms with Gasteiger partial charge in [0.25, 0.3) is 0 Å². The van der Waals surface area contributed by atoms with Gasteiger partial charge in [-0.25, -0.2) is 13.2 Å². The van der Waals surface area contributed by atoms with Crippen LogP contribution in [-0.4, -0.2) is 43.8 Å². The zero-order chi connectivity index (χ0) is 24.9. The highest BCUT2D eigenvalue weighted by molar-refractivity contribution is 7.91. The molecule has 1 fully saturated rings. The molecule has 0 radical (unpaired) electrons. The van der Waals surface area contributed by atoms with Gasteiger partial charge in [0.05, 0.1) is 17.8 Å². The van der Waals surface area contributed by atoms with Crippen molar-refractivity contribution in [2.75, 3.05) is 18.6 Å². The summed E-state index contributed by atoms with van der Waals surface area (Å²) in [6, 6.07) is 11.6. The van der Waals surface area contributed by atoms with Crippen molar-refractivity contribution in [3.8, 4) is 11.1 Å². The third-order valence-corrected chi connectivity index (χ3v) is 8.92. The van der Waals surface area contributed by atoms with Gasteiger partial charge in [-0.05, 0) is 43.9 Å². The number of carbonyl (C=O) groups is 1. The minimum atomic E-state index is -3.09. The van der Waals surface area contributed by atoms with E-state index in [4.69, 9.17) is 8.83 Å². The molecule has 2 aromatic carbocycles. The summed E-state index contributed by atoms with van der Waals surface area (Å²) in [5.74, 6) is -0.0789. The Morgan fingerprint density at radius 1 is 1.09 bits per heavy atom. The van der Waals surface area contributed by atoms with Crippen LogP contribution in [0.15, 0.2) is 56.3 Å². The Morgan fingerprint density at radius 2 is 1.83 bits per heavy atom. The second-order valence-electron chi connectivity index (χ2n) is 9.32. The maximum absolute atomic E-state index is 12.9. The fourth-order valence-corrected chi connectivity index (χ4v) is 6.79. The zero-order valence-electron chi connectivity index (χ0n) is 20.0. The van der Waals surface area contributed by atoms with Crippen LogP contribution in [0, 0.1) is 13.8 Å². The van der Waals surface area contributed by atoms with Crippen molar-refractivity contribution < 1.29 is 22.0 Å². The quantitative estimate of drug-likeness (QED) is 0.382. The van der Waals surface area contributed by atoms with Gasteiger partial charge in [-0.1, -0.05) is 30.3 Å². The maximum Gasteiger partial charge on any atom is 0.339 e. The molecular weight excluding hydrogens is 466 g/mol. The normalized spacial score (nSPS) is 17.3. The van der Waals surface area contributed by atoms with E-state index in [2.05, 4.69) is 0 Å². The maximum atomic E-state index is 12.9. The summed E-state index contributed by atoms with van der Waals surface area (Å²) in [7, 11) is -1.45. The number of sulfone groups is 1. The van der Waals surface area contributed by atoms with Crippen LogP contribution >= 0.6 is 0 Å². The Labute approximate surface area is 203 Å². The molecule has 0 bridgehead atoms. The molecule has 3 heterocycles. The molecule has 8 heteroatoms. The average Bonchev–Trinajstić information content (AvgIpc) is 3.43. The lowest BCUT2D eigenvalue weighted by atomic mass is 9.96. The molecule has 1 amide bonds. The van der Waals surface area contributed by atoms with Crippen LogP contribution in [0.4, 0.5) is 0 Å². The van der Waals surface area contributed by atoms with E-state index in [1.54, 1.807) is 13.3 Å². The number of aryl methyl sites for hydroxylation is 2. The van der Waals surface area contributed by atoms with E-state index in [-0.39, 0.29) is 36.3 Å². The number of furan rings is 1. The van der Waals surface area contributed by atoms with Crippen molar-refractivity contribution in [2.45, 2.75) is 39.2 Å². The molecule has 1 aliphatic heterocycles. The third-order valence-electron chi connectivity index (χ3n) is 7.16. The number of fused-ring (bicyclic) bond motifs is 2. The Bertz CT molecular complexity index is 1610. The first-order chi connectivity index (χ1) is 16.7. The SMILES string of the molecule is Cc1c(CCC(=O)N(C)C2CCS(=O)(=O)C2)c(=O)oc2c(C)c3occ(-c4ccccc4)c3cc12. The minimum Gasteiger partial charge on any atom is -0.463 e. The van der Waals surface area contributed by atoms with Crippen molar-refractivity contribution in [3.63, 3.8) is 0 Å². The first kappa shape index (κ1) is 23.4. The Balaban J connectivity index is 1.49. The molecule has 5 rings (SSSR count). The van der Waals surface area contributed by atoms with Gasteiger partial charge in [-0.2, -0.15) is 0 Å². The van der Waals surface area contributed by atoms with Gasteiger partial charge in [0, 0.05) is 47.0 Å². The second-order valence-corrected chi connectivity index (χ2v) is 11.6. The molecule has 0 spiro atoms. The highest BCUT2D eigenvalue weighted by Gasteiger charge is 2.32. The largest absolute Gasteiger partial charge is 0.463 e. The van der Waals surface area contributed by atoms with Crippen LogP contribution < -0.4 is 5.63 Å². The van der Waals surface area contributed by atoms with E-state index in [9.17, 15) is 18.0 Å². The number of rotatable bonds is 5. The van der Waals surface area contributed by atoms with Crippen molar-refractivity contribution >= 4 is 37.7 Å². The topological polar surface area (TPSA) is 97.8 Å². The predicted octanol–water partition coefficient (Wildman–Crippen LogP) is 4.40. The lowest BCUT2D eigenvalue weighted by Crippen LogP contribution is -2.38. The van der Waals surface area contributed by atoms with Crippen LogP contribution in [0.25, 0.3) is 33.1 Å². The smallest absolute Gasteiger partial charge is 0.339 e. The molecule has 4 aromatic rings. The number of carbonyl (C=O) groups excluding carboxylic acids is 1. The third kappa shape index (κ3) is 4.16. The van der Waals surface area contributed by atoms with Crippen molar-refractivity contribution in [1.29, 1.82) is 0 Å². The number of benzene rings is 2. The first-order valence-electron chi connectivity index (χ1n) is 11.6. The second kappa shape index (κ2) is 8.68. The summed E-state index contributed by atoms with van der Waals surface area (Å²) in [5.41, 5.74) is 4.68. The van der Waals surface area contributed by atoms with Crippen LogP contribution in [0.2, 0.25) is 0 Å². The highest BCUT2D eigenvalue weighted by Crippen LogP contribution is 2.37. The molecule has 0 aliphatic carbocycles. The molecule has 1 atom stereocenters. The highest BCUT2D eigenvalue weighted by atomic mass is 32.2. The molecular formula is C27H27NO6S. The fourth-order valence-electron chi connectivity index (χ4n) is 5.02. The van der Waals surface area contributed by atoms with E-state index in [1.165, 1.54) is 4.90 Å².